The van der Waals surface area contributed by atoms with Gasteiger partial charge in [0.05, 0.1) is 0 Å². The molecule has 4 fully saturated rings. The zero-order chi connectivity index (χ0) is 31.6. The van der Waals surface area contributed by atoms with Crippen LogP contribution in [0, 0.1) is 22.7 Å². The van der Waals surface area contributed by atoms with E-state index in [4.69, 9.17) is 5.11 Å². The van der Waals surface area contributed by atoms with Gasteiger partial charge < -0.3 is 20.1 Å². The maximum atomic E-state index is 12.4. The molecule has 1 amide bonds. The Morgan fingerprint density at radius 1 is 0.767 bits per heavy atom. The predicted octanol–water partition coefficient (Wildman–Crippen LogP) is 6.05. The summed E-state index contributed by atoms with van der Waals surface area (Å²) in [5.74, 6) is 0.713. The highest BCUT2D eigenvalue weighted by molar-refractivity contribution is 5.85. The summed E-state index contributed by atoms with van der Waals surface area (Å²) in [6.45, 7) is 6.04. The predicted molar refractivity (Wildman–Crippen MR) is 140 cm³/mol. The van der Waals surface area contributed by atoms with E-state index in [1.54, 1.807) is 6.92 Å². The van der Waals surface area contributed by atoms with Gasteiger partial charge in [-0.05, 0) is 83.2 Å². The molecule has 0 bridgehead atoms. The largest absolute Gasteiger partial charge is 0.434 e. The summed E-state index contributed by atoms with van der Waals surface area (Å²) in [6.07, 6.45) is -18.9. The van der Waals surface area contributed by atoms with Crippen molar-refractivity contribution in [3.63, 3.8) is 0 Å². The third-order valence-electron chi connectivity index (χ3n) is 8.26. The van der Waals surface area contributed by atoms with Crippen LogP contribution < -0.4 is 5.32 Å². The highest BCUT2D eigenvalue weighted by Gasteiger charge is 2.61. The van der Waals surface area contributed by atoms with E-state index >= 15 is 0 Å². The lowest BCUT2D eigenvalue weighted by Crippen LogP contribution is -2.49. The third kappa shape index (κ3) is 11.4. The van der Waals surface area contributed by atoms with Crippen LogP contribution in [0.2, 0.25) is 0 Å². The van der Waals surface area contributed by atoms with E-state index in [-0.39, 0.29) is 55.0 Å². The fraction of sp³-hybridized carbons (Fsp3) is 0.880. The van der Waals surface area contributed by atoms with Gasteiger partial charge in [0.15, 0.2) is 0 Å². The maximum absolute atomic E-state index is 12.4. The number of ether oxygens (including phenoxy) is 1. The Hall–Kier alpha value is -1.52. The van der Waals surface area contributed by atoms with Crippen LogP contribution in [0.25, 0.3) is 0 Å². The van der Waals surface area contributed by atoms with E-state index in [9.17, 15) is 53.9 Å². The van der Waals surface area contributed by atoms with Gasteiger partial charge in [-0.15, -0.1) is 24.8 Å². The van der Waals surface area contributed by atoms with E-state index in [2.05, 4.69) is 10.1 Å². The van der Waals surface area contributed by atoms with Gasteiger partial charge in [-0.3, -0.25) is 9.59 Å². The summed E-state index contributed by atoms with van der Waals surface area (Å²) in [4.78, 5) is 34.8. The SMILES string of the molecule is CC(=O)C1CC12CCN(C(=O)OC(C(F)(F)F)C(F)(F)F)CC2.CC(=O)C1CC12CCNCC2.CC(O)C(F)(F)F.Cl.Cl. The first-order chi connectivity index (χ1) is 18.6. The minimum absolute atomic E-state index is 0. The molecule has 2 spiro atoms. The number of amides is 1. The molecule has 0 aromatic rings. The van der Waals surface area contributed by atoms with Crippen LogP contribution >= 0.6 is 24.8 Å². The highest BCUT2D eigenvalue weighted by atomic mass is 35.5. The Bertz CT molecular complexity index is 933. The zero-order valence-corrected chi connectivity index (χ0v) is 25.3. The monoisotopic (exact) mass is 686 g/mol. The van der Waals surface area contributed by atoms with Crippen LogP contribution in [0.3, 0.4) is 0 Å². The average molecular weight is 687 g/mol. The number of halogens is 11. The summed E-state index contributed by atoms with van der Waals surface area (Å²) in [6, 6.07) is 0. The van der Waals surface area contributed by atoms with Crippen molar-refractivity contribution in [3.05, 3.63) is 0 Å². The van der Waals surface area contributed by atoms with E-state index < -0.39 is 36.8 Å². The topological polar surface area (TPSA) is 95.9 Å². The molecule has 4 aliphatic rings. The Morgan fingerprint density at radius 3 is 1.40 bits per heavy atom. The third-order valence-corrected chi connectivity index (χ3v) is 8.26. The Kier molecular flexibility index (Phi) is 14.6. The van der Waals surface area contributed by atoms with Crippen LogP contribution in [0.15, 0.2) is 0 Å². The lowest BCUT2D eigenvalue weighted by molar-refractivity contribution is -0.308. The van der Waals surface area contributed by atoms with Gasteiger partial charge in [0, 0.05) is 24.9 Å². The summed E-state index contributed by atoms with van der Waals surface area (Å²) >= 11 is 0. The number of aliphatic hydroxyl groups is 1. The number of alkyl halides is 9. The van der Waals surface area contributed by atoms with Gasteiger partial charge in [0.2, 0.25) is 0 Å². The van der Waals surface area contributed by atoms with Crippen molar-refractivity contribution in [2.24, 2.45) is 22.7 Å². The quantitative estimate of drug-likeness (QED) is 0.352. The second-order valence-corrected chi connectivity index (χ2v) is 11.3. The van der Waals surface area contributed by atoms with Gasteiger partial charge in [-0.1, -0.05) is 0 Å². The molecule has 2 saturated heterocycles. The van der Waals surface area contributed by atoms with Gasteiger partial charge in [-0.2, -0.15) is 39.5 Å². The molecule has 2 aliphatic carbocycles. The summed E-state index contributed by atoms with van der Waals surface area (Å²) in [5, 5.41) is 11.1. The van der Waals surface area contributed by atoms with Crippen molar-refractivity contribution in [2.45, 2.75) is 90.0 Å². The lowest BCUT2D eigenvalue weighted by Gasteiger charge is -2.33. The van der Waals surface area contributed by atoms with E-state index in [0.29, 0.717) is 43.3 Å². The number of rotatable bonds is 3. The first-order valence-corrected chi connectivity index (χ1v) is 13.1. The normalized spacial score (nSPS) is 24.2. The van der Waals surface area contributed by atoms with Gasteiger partial charge in [-0.25, -0.2) is 4.79 Å². The van der Waals surface area contributed by atoms with Crippen molar-refractivity contribution in [1.82, 2.24) is 10.2 Å². The number of likely N-dealkylation sites (tertiary alicyclic amines) is 1. The number of carbonyl (C=O) groups is 3. The summed E-state index contributed by atoms with van der Waals surface area (Å²) < 4.78 is 111. The van der Waals surface area contributed by atoms with Crippen molar-refractivity contribution in [3.8, 4) is 0 Å². The van der Waals surface area contributed by atoms with Crippen molar-refractivity contribution in [1.29, 1.82) is 0 Å². The Balaban J connectivity index is 0.000000731. The maximum Gasteiger partial charge on any atom is 0.434 e. The molecule has 2 aliphatic heterocycles. The van der Waals surface area contributed by atoms with Crippen molar-refractivity contribution < 1.29 is 63.7 Å². The minimum atomic E-state index is -5.72. The van der Waals surface area contributed by atoms with Gasteiger partial charge in [0.1, 0.15) is 17.7 Å². The van der Waals surface area contributed by atoms with Crippen molar-refractivity contribution in [2.75, 3.05) is 26.2 Å². The number of carbonyl (C=O) groups excluding carboxylic acids is 3. The molecule has 43 heavy (non-hydrogen) atoms. The number of aliphatic hydroxyl groups excluding tert-OH is 1. The molecule has 0 radical (unpaired) electrons. The Morgan fingerprint density at radius 2 is 1.12 bits per heavy atom. The first kappa shape index (κ1) is 41.5. The summed E-state index contributed by atoms with van der Waals surface area (Å²) in [5.41, 5.74) is 0.202. The van der Waals surface area contributed by atoms with Gasteiger partial charge in [0.25, 0.3) is 6.10 Å². The highest BCUT2D eigenvalue weighted by Crippen LogP contribution is 2.60. The van der Waals surface area contributed by atoms with Crippen molar-refractivity contribution >= 4 is 42.5 Å². The summed E-state index contributed by atoms with van der Waals surface area (Å²) in [7, 11) is 0. The smallest absolute Gasteiger partial charge is 0.426 e. The van der Waals surface area contributed by atoms with E-state index in [1.807, 2.05) is 0 Å². The van der Waals surface area contributed by atoms with Crippen LogP contribution in [0.1, 0.15) is 59.3 Å². The number of nitrogens with zero attached hydrogens (tertiary/aromatic N) is 1. The van der Waals surface area contributed by atoms with Crippen LogP contribution in [0.4, 0.5) is 44.3 Å². The van der Waals surface area contributed by atoms with Crippen LogP contribution in [0.5, 0.6) is 0 Å². The number of nitrogens with one attached hydrogen (secondary N) is 1. The molecule has 4 rings (SSSR count). The fourth-order valence-corrected chi connectivity index (χ4v) is 5.50. The molecule has 3 atom stereocenters. The number of piperidine rings is 2. The zero-order valence-electron chi connectivity index (χ0n) is 23.6. The first-order valence-electron chi connectivity index (χ1n) is 13.1. The molecule has 2 N–H and O–H groups in total. The second kappa shape index (κ2) is 15.2. The second-order valence-electron chi connectivity index (χ2n) is 11.3. The standard InChI is InChI=1S/C13H15F6NO3.C9H15NO.C3H5F3O.2ClH/c1-7(21)8-6-11(8)2-4-20(5-3-11)10(22)23-9(12(14,15)16)13(17,18)19;1-7(11)8-6-9(8)2-4-10-5-3-9;1-2(7)3(4,5)6;;/h8-9H,2-6H2,1H3;8,10H,2-6H2,1H3;2,7H,1H3;2*1H. The molecular formula is C25H37Cl2F9N2O5. The number of hydrogen-bond donors (Lipinski definition) is 2. The van der Waals surface area contributed by atoms with Gasteiger partial charge >= 0.3 is 24.6 Å². The lowest BCUT2D eigenvalue weighted by atomic mass is 9.90. The fourth-order valence-electron chi connectivity index (χ4n) is 5.50. The molecule has 18 heteroatoms. The minimum Gasteiger partial charge on any atom is -0.426 e. The number of Topliss-reactive ketones (excluding diaryl/α,β-unsaturated/α-hetero) is 2. The number of ketones is 2. The number of hydrogen-bond acceptors (Lipinski definition) is 6. The molecule has 0 aromatic carbocycles. The van der Waals surface area contributed by atoms with E-state index in [1.165, 1.54) is 26.2 Å². The molecule has 2 heterocycles. The molecule has 3 unspecified atom stereocenters. The molecule has 2 saturated carbocycles. The van der Waals surface area contributed by atoms with Crippen LogP contribution in [-0.2, 0) is 14.3 Å². The molecule has 254 valence electrons. The van der Waals surface area contributed by atoms with Crippen LogP contribution in [-0.4, -0.2) is 84.6 Å². The molecular weight excluding hydrogens is 650 g/mol. The average Bonchev–Trinajstić information content (AvgIpc) is 3.72. The Labute approximate surface area is 255 Å². The molecule has 7 nitrogen and oxygen atoms in total. The van der Waals surface area contributed by atoms with E-state index in [0.717, 1.165) is 18.0 Å². The molecule has 0 aromatic heterocycles.